The number of hydrogen-bond acceptors (Lipinski definition) is 4. The van der Waals surface area contributed by atoms with Crippen LogP contribution in [0.4, 0.5) is 5.82 Å². The van der Waals surface area contributed by atoms with E-state index in [2.05, 4.69) is 49.5 Å². The molecule has 0 unspecified atom stereocenters. The number of aromatic nitrogens is 2. The summed E-state index contributed by atoms with van der Waals surface area (Å²) in [6.45, 7) is 10.7. The fourth-order valence-electron chi connectivity index (χ4n) is 2.15. The van der Waals surface area contributed by atoms with Gasteiger partial charge in [-0.3, -0.25) is 4.90 Å². The second-order valence-electron chi connectivity index (χ2n) is 4.71. The lowest BCUT2D eigenvalue weighted by Gasteiger charge is -2.37. The molecule has 1 aromatic heterocycles. The van der Waals surface area contributed by atoms with Crippen molar-refractivity contribution < 1.29 is 0 Å². The maximum Gasteiger partial charge on any atom is 0.133 e. The van der Waals surface area contributed by atoms with E-state index in [0.717, 1.165) is 42.4 Å². The highest BCUT2D eigenvalue weighted by molar-refractivity contribution is 9.10. The molecule has 1 aromatic rings. The summed E-state index contributed by atoms with van der Waals surface area (Å²) in [5.41, 5.74) is 0. The Morgan fingerprint density at radius 2 is 1.82 bits per heavy atom. The van der Waals surface area contributed by atoms with E-state index >= 15 is 0 Å². The molecule has 1 fully saturated rings. The average molecular weight is 299 g/mol. The largest absolute Gasteiger partial charge is 0.354 e. The molecule has 17 heavy (non-hydrogen) atoms. The number of hydrogen-bond donors (Lipinski definition) is 0. The van der Waals surface area contributed by atoms with Crippen LogP contribution in [0.25, 0.3) is 0 Å². The first-order valence-corrected chi connectivity index (χ1v) is 6.86. The molecule has 0 amide bonds. The lowest BCUT2D eigenvalue weighted by atomic mass is 10.2. The van der Waals surface area contributed by atoms with Gasteiger partial charge in [-0.1, -0.05) is 0 Å². The van der Waals surface area contributed by atoms with E-state index in [4.69, 9.17) is 0 Å². The molecule has 0 aromatic carbocycles. The predicted molar refractivity (Wildman–Crippen MR) is 73.4 cm³/mol. The monoisotopic (exact) mass is 298 g/mol. The van der Waals surface area contributed by atoms with Gasteiger partial charge in [-0.15, -0.1) is 0 Å². The molecule has 1 aliphatic rings. The topological polar surface area (TPSA) is 32.3 Å². The van der Waals surface area contributed by atoms with Crippen molar-refractivity contribution in [3.05, 3.63) is 16.5 Å². The maximum absolute atomic E-state index is 4.49. The van der Waals surface area contributed by atoms with Gasteiger partial charge < -0.3 is 4.90 Å². The van der Waals surface area contributed by atoms with Crippen LogP contribution in [0.15, 0.2) is 10.7 Å². The molecule has 1 aliphatic heterocycles. The lowest BCUT2D eigenvalue weighted by Crippen LogP contribution is -2.49. The van der Waals surface area contributed by atoms with Gasteiger partial charge >= 0.3 is 0 Å². The average Bonchev–Trinajstić information content (AvgIpc) is 2.28. The van der Waals surface area contributed by atoms with Crippen molar-refractivity contribution in [1.82, 2.24) is 14.9 Å². The number of piperazine rings is 1. The van der Waals surface area contributed by atoms with Crippen molar-refractivity contribution in [3.8, 4) is 0 Å². The molecule has 0 spiro atoms. The summed E-state index contributed by atoms with van der Waals surface area (Å²) >= 11 is 3.43. The molecule has 0 N–H and O–H groups in total. The van der Waals surface area contributed by atoms with Gasteiger partial charge in [0, 0.05) is 38.3 Å². The third-order valence-electron chi connectivity index (χ3n) is 3.16. The molecule has 0 bridgehead atoms. The van der Waals surface area contributed by atoms with Crippen LogP contribution >= 0.6 is 15.9 Å². The third-order valence-corrected chi connectivity index (χ3v) is 3.57. The zero-order chi connectivity index (χ0) is 12.4. The smallest absolute Gasteiger partial charge is 0.133 e. The standard InChI is InChI=1S/C12H19BrN4/c1-9(2)16-4-6-17(7-5-16)12-8-11(13)14-10(3)15-12/h8-9H,4-7H2,1-3H3. The van der Waals surface area contributed by atoms with Crippen LogP contribution in [-0.2, 0) is 0 Å². The lowest BCUT2D eigenvalue weighted by molar-refractivity contribution is 0.209. The van der Waals surface area contributed by atoms with Gasteiger partial charge in [-0.2, -0.15) is 0 Å². The highest BCUT2D eigenvalue weighted by Gasteiger charge is 2.20. The quantitative estimate of drug-likeness (QED) is 0.783. The highest BCUT2D eigenvalue weighted by Crippen LogP contribution is 2.18. The van der Waals surface area contributed by atoms with E-state index in [9.17, 15) is 0 Å². The predicted octanol–water partition coefficient (Wildman–Crippen LogP) is 2.08. The molecule has 0 atom stereocenters. The summed E-state index contributed by atoms with van der Waals surface area (Å²) in [5.74, 6) is 1.86. The number of anilines is 1. The molecule has 5 heteroatoms. The summed E-state index contributed by atoms with van der Waals surface area (Å²) in [6, 6.07) is 2.63. The summed E-state index contributed by atoms with van der Waals surface area (Å²) < 4.78 is 0.867. The van der Waals surface area contributed by atoms with Crippen molar-refractivity contribution >= 4 is 21.7 Å². The molecule has 1 saturated heterocycles. The molecule has 94 valence electrons. The minimum Gasteiger partial charge on any atom is -0.354 e. The summed E-state index contributed by atoms with van der Waals surface area (Å²) in [4.78, 5) is 13.6. The van der Waals surface area contributed by atoms with E-state index in [-0.39, 0.29) is 0 Å². The SMILES string of the molecule is Cc1nc(Br)cc(N2CCN(C(C)C)CC2)n1. The number of rotatable bonds is 2. The van der Waals surface area contributed by atoms with Crippen molar-refractivity contribution in [2.75, 3.05) is 31.1 Å². The summed E-state index contributed by atoms with van der Waals surface area (Å²) in [6.07, 6.45) is 0. The highest BCUT2D eigenvalue weighted by atomic mass is 79.9. The van der Waals surface area contributed by atoms with Gasteiger partial charge in [0.25, 0.3) is 0 Å². The third kappa shape index (κ3) is 3.16. The van der Waals surface area contributed by atoms with Crippen LogP contribution in [0.3, 0.4) is 0 Å². The Balaban J connectivity index is 2.05. The van der Waals surface area contributed by atoms with Gasteiger partial charge in [0.05, 0.1) is 0 Å². The van der Waals surface area contributed by atoms with E-state index < -0.39 is 0 Å². The van der Waals surface area contributed by atoms with Gasteiger partial charge in [0.1, 0.15) is 16.2 Å². The van der Waals surface area contributed by atoms with Crippen LogP contribution in [0.2, 0.25) is 0 Å². The van der Waals surface area contributed by atoms with Gasteiger partial charge in [-0.25, -0.2) is 9.97 Å². The van der Waals surface area contributed by atoms with Crippen LogP contribution < -0.4 is 4.90 Å². The van der Waals surface area contributed by atoms with Gasteiger partial charge in [0.15, 0.2) is 0 Å². The Labute approximate surface area is 111 Å². The fraction of sp³-hybridized carbons (Fsp3) is 0.667. The van der Waals surface area contributed by atoms with Crippen molar-refractivity contribution in [2.45, 2.75) is 26.8 Å². The second-order valence-corrected chi connectivity index (χ2v) is 5.53. The van der Waals surface area contributed by atoms with Crippen LogP contribution in [0, 0.1) is 6.92 Å². The van der Waals surface area contributed by atoms with E-state index in [0.29, 0.717) is 6.04 Å². The Morgan fingerprint density at radius 3 is 2.35 bits per heavy atom. The van der Waals surface area contributed by atoms with Crippen molar-refractivity contribution in [3.63, 3.8) is 0 Å². The van der Waals surface area contributed by atoms with Crippen LogP contribution in [0.5, 0.6) is 0 Å². The summed E-state index contributed by atoms with van der Waals surface area (Å²) in [7, 11) is 0. The fourth-order valence-corrected chi connectivity index (χ4v) is 2.61. The normalized spacial score (nSPS) is 17.8. The molecule has 2 rings (SSSR count). The molecule has 0 aliphatic carbocycles. The molecule has 0 radical (unpaired) electrons. The number of halogens is 1. The Bertz CT molecular complexity index is 366. The molecular weight excluding hydrogens is 280 g/mol. The first-order valence-electron chi connectivity index (χ1n) is 6.06. The molecule has 2 heterocycles. The number of nitrogens with zero attached hydrogens (tertiary/aromatic N) is 4. The van der Waals surface area contributed by atoms with Crippen LogP contribution in [0.1, 0.15) is 19.7 Å². The van der Waals surface area contributed by atoms with Crippen molar-refractivity contribution in [2.24, 2.45) is 0 Å². The number of aryl methyl sites for hydroxylation is 1. The Morgan fingerprint density at radius 1 is 1.18 bits per heavy atom. The minimum atomic E-state index is 0.635. The molecule has 4 nitrogen and oxygen atoms in total. The minimum absolute atomic E-state index is 0.635. The van der Waals surface area contributed by atoms with Crippen molar-refractivity contribution in [1.29, 1.82) is 0 Å². The zero-order valence-electron chi connectivity index (χ0n) is 10.6. The zero-order valence-corrected chi connectivity index (χ0v) is 12.2. The molecular formula is C12H19BrN4. The van der Waals surface area contributed by atoms with Gasteiger partial charge in [-0.05, 0) is 36.7 Å². The molecule has 0 saturated carbocycles. The van der Waals surface area contributed by atoms with Crippen LogP contribution in [-0.4, -0.2) is 47.1 Å². The Kier molecular flexibility index (Phi) is 3.99. The first kappa shape index (κ1) is 12.8. The van der Waals surface area contributed by atoms with Gasteiger partial charge in [0.2, 0.25) is 0 Å². The maximum atomic E-state index is 4.49. The Hall–Kier alpha value is -0.680. The van der Waals surface area contributed by atoms with E-state index in [1.165, 1.54) is 0 Å². The van der Waals surface area contributed by atoms with E-state index in [1.54, 1.807) is 0 Å². The van der Waals surface area contributed by atoms with E-state index in [1.807, 2.05) is 13.0 Å². The second kappa shape index (κ2) is 5.31. The first-order chi connectivity index (χ1) is 8.06. The summed E-state index contributed by atoms with van der Waals surface area (Å²) in [5, 5.41) is 0.